The lowest BCUT2D eigenvalue weighted by atomic mass is 10.0. The zero-order valence-corrected chi connectivity index (χ0v) is 11.7. The van der Waals surface area contributed by atoms with Crippen LogP contribution in [0.5, 0.6) is 11.5 Å². The average molecular weight is 260 g/mol. The molecule has 0 aliphatic carbocycles. The monoisotopic (exact) mass is 260 g/mol. The molecule has 0 aromatic heterocycles. The Labute approximate surface area is 114 Å². The number of hydrogen-bond acceptors (Lipinski definition) is 3. The zero-order chi connectivity index (χ0) is 14.3. The van der Waals surface area contributed by atoms with Crippen molar-refractivity contribution in [3.63, 3.8) is 0 Å². The molecule has 3 nitrogen and oxygen atoms in total. The van der Waals surface area contributed by atoms with Crippen molar-refractivity contribution >= 4 is 6.29 Å². The van der Waals surface area contributed by atoms with Gasteiger partial charge in [0, 0.05) is 11.1 Å². The normalized spacial score (nSPS) is 11.0. The highest BCUT2D eigenvalue weighted by Gasteiger charge is 2.12. The Bertz CT molecular complexity index is 462. The second kappa shape index (κ2) is 7.41. The van der Waals surface area contributed by atoms with Crippen molar-refractivity contribution in [1.82, 2.24) is 0 Å². The van der Waals surface area contributed by atoms with Gasteiger partial charge in [-0.05, 0) is 31.9 Å². The first-order valence-electron chi connectivity index (χ1n) is 6.17. The number of carbonyl (C=O) groups excluding carboxylic acids is 1. The van der Waals surface area contributed by atoms with Crippen LogP contribution in [-0.2, 0) is 6.42 Å². The number of carbonyl (C=O) groups is 1. The van der Waals surface area contributed by atoms with Crippen molar-refractivity contribution in [2.45, 2.75) is 19.8 Å². The van der Waals surface area contributed by atoms with Gasteiger partial charge in [-0.2, -0.15) is 0 Å². The number of ether oxygens (including phenoxy) is 2. The second-order valence-electron chi connectivity index (χ2n) is 4.09. The molecule has 0 N–H and O–H groups in total. The van der Waals surface area contributed by atoms with Crippen LogP contribution in [0.4, 0.5) is 0 Å². The fourth-order valence-corrected chi connectivity index (χ4v) is 1.95. The van der Waals surface area contributed by atoms with Gasteiger partial charge < -0.3 is 9.47 Å². The maximum Gasteiger partial charge on any atom is 0.150 e. The fourth-order valence-electron chi connectivity index (χ4n) is 1.95. The van der Waals surface area contributed by atoms with Crippen molar-refractivity contribution < 1.29 is 14.3 Å². The van der Waals surface area contributed by atoms with Crippen molar-refractivity contribution in [2.24, 2.45) is 0 Å². The third-order valence-corrected chi connectivity index (χ3v) is 3.06. The van der Waals surface area contributed by atoms with Crippen LogP contribution in [0.1, 0.15) is 29.3 Å². The Kier molecular flexibility index (Phi) is 5.86. The number of hydrogen-bond donors (Lipinski definition) is 0. The Morgan fingerprint density at radius 2 is 1.84 bits per heavy atom. The summed E-state index contributed by atoms with van der Waals surface area (Å²) in [4.78, 5) is 10.9. The SMILES string of the molecule is C=CC(=CC)CCc1c(OC)cc(C=O)cc1OC. The third kappa shape index (κ3) is 3.71. The molecule has 0 heterocycles. The van der Waals surface area contributed by atoms with Gasteiger partial charge in [0.25, 0.3) is 0 Å². The van der Waals surface area contributed by atoms with E-state index in [9.17, 15) is 4.79 Å². The molecule has 1 aromatic carbocycles. The van der Waals surface area contributed by atoms with E-state index in [0.29, 0.717) is 17.1 Å². The topological polar surface area (TPSA) is 35.5 Å². The lowest BCUT2D eigenvalue weighted by Crippen LogP contribution is -1.99. The lowest BCUT2D eigenvalue weighted by Gasteiger charge is -2.14. The zero-order valence-electron chi connectivity index (χ0n) is 11.7. The Balaban J connectivity index is 3.10. The fraction of sp³-hybridized carbons (Fsp3) is 0.312. The first-order chi connectivity index (χ1) is 9.19. The first-order valence-corrected chi connectivity index (χ1v) is 6.17. The van der Waals surface area contributed by atoms with E-state index in [1.807, 2.05) is 19.1 Å². The predicted octanol–water partition coefficient (Wildman–Crippen LogP) is 3.58. The van der Waals surface area contributed by atoms with Crippen LogP contribution in [0, 0.1) is 0 Å². The Morgan fingerprint density at radius 1 is 1.26 bits per heavy atom. The van der Waals surface area contributed by atoms with Gasteiger partial charge >= 0.3 is 0 Å². The summed E-state index contributed by atoms with van der Waals surface area (Å²) < 4.78 is 10.7. The molecule has 0 fully saturated rings. The van der Waals surface area contributed by atoms with Gasteiger partial charge in [0.1, 0.15) is 17.8 Å². The summed E-state index contributed by atoms with van der Waals surface area (Å²) in [5.74, 6) is 1.36. The summed E-state index contributed by atoms with van der Waals surface area (Å²) in [6.07, 6.45) is 6.30. The summed E-state index contributed by atoms with van der Waals surface area (Å²) >= 11 is 0. The summed E-state index contributed by atoms with van der Waals surface area (Å²) in [7, 11) is 3.19. The van der Waals surface area contributed by atoms with Crippen LogP contribution in [0.3, 0.4) is 0 Å². The highest BCUT2D eigenvalue weighted by molar-refractivity contribution is 5.77. The molecule has 102 valence electrons. The molecule has 0 saturated carbocycles. The molecule has 0 spiro atoms. The predicted molar refractivity (Wildman–Crippen MR) is 77.2 cm³/mol. The molecule has 0 aliphatic rings. The van der Waals surface area contributed by atoms with E-state index in [0.717, 1.165) is 24.7 Å². The minimum absolute atomic E-state index is 0.549. The summed E-state index contributed by atoms with van der Waals surface area (Å²) in [6, 6.07) is 3.46. The van der Waals surface area contributed by atoms with E-state index in [-0.39, 0.29) is 0 Å². The lowest BCUT2D eigenvalue weighted by molar-refractivity contribution is 0.112. The number of methoxy groups -OCH3 is 2. The Morgan fingerprint density at radius 3 is 2.21 bits per heavy atom. The van der Waals surface area contributed by atoms with Crippen LogP contribution >= 0.6 is 0 Å². The molecule has 0 atom stereocenters. The third-order valence-electron chi connectivity index (χ3n) is 3.06. The minimum atomic E-state index is 0.549. The molecule has 1 rings (SSSR count). The number of benzene rings is 1. The van der Waals surface area contributed by atoms with Gasteiger partial charge in [0.05, 0.1) is 14.2 Å². The smallest absolute Gasteiger partial charge is 0.150 e. The molecule has 0 saturated heterocycles. The summed E-state index contributed by atoms with van der Waals surface area (Å²) in [5.41, 5.74) is 2.69. The molecule has 0 radical (unpaired) electrons. The van der Waals surface area contributed by atoms with E-state index < -0.39 is 0 Å². The van der Waals surface area contributed by atoms with E-state index >= 15 is 0 Å². The van der Waals surface area contributed by atoms with Crippen LogP contribution < -0.4 is 9.47 Å². The summed E-state index contributed by atoms with van der Waals surface area (Å²) in [6.45, 7) is 5.77. The molecule has 0 unspecified atom stereocenters. The van der Waals surface area contributed by atoms with Gasteiger partial charge in [-0.25, -0.2) is 0 Å². The molecular formula is C16H20O3. The quantitative estimate of drug-likeness (QED) is 0.555. The standard InChI is InChI=1S/C16H20O3/c1-5-12(6-2)7-8-14-15(18-3)9-13(11-17)10-16(14)19-4/h5-6,9-11H,1,7-8H2,2-4H3. The van der Waals surface area contributed by atoms with Crippen LogP contribution in [0.2, 0.25) is 0 Å². The second-order valence-corrected chi connectivity index (χ2v) is 4.09. The van der Waals surface area contributed by atoms with Crippen LogP contribution in [-0.4, -0.2) is 20.5 Å². The van der Waals surface area contributed by atoms with Crippen molar-refractivity contribution in [3.8, 4) is 11.5 Å². The molecule has 1 aromatic rings. The number of rotatable bonds is 7. The molecule has 0 aliphatic heterocycles. The highest BCUT2D eigenvalue weighted by Crippen LogP contribution is 2.32. The molecule has 0 bridgehead atoms. The van der Waals surface area contributed by atoms with Crippen LogP contribution in [0.25, 0.3) is 0 Å². The van der Waals surface area contributed by atoms with Crippen molar-refractivity contribution in [2.75, 3.05) is 14.2 Å². The summed E-state index contributed by atoms with van der Waals surface area (Å²) in [5, 5.41) is 0. The molecular weight excluding hydrogens is 240 g/mol. The van der Waals surface area contributed by atoms with Gasteiger partial charge in [-0.1, -0.05) is 24.3 Å². The Hall–Kier alpha value is -2.03. The largest absolute Gasteiger partial charge is 0.496 e. The maximum atomic E-state index is 10.9. The average Bonchev–Trinajstić information content (AvgIpc) is 2.47. The van der Waals surface area contributed by atoms with E-state index in [1.54, 1.807) is 26.4 Å². The van der Waals surface area contributed by atoms with E-state index in [4.69, 9.17) is 9.47 Å². The first kappa shape index (κ1) is 15.0. The van der Waals surface area contributed by atoms with Crippen molar-refractivity contribution in [3.05, 3.63) is 47.6 Å². The van der Waals surface area contributed by atoms with Gasteiger partial charge in [0.15, 0.2) is 0 Å². The number of allylic oxidation sites excluding steroid dienone is 3. The van der Waals surface area contributed by atoms with E-state index in [2.05, 4.69) is 6.58 Å². The maximum absolute atomic E-state index is 10.9. The molecule has 19 heavy (non-hydrogen) atoms. The van der Waals surface area contributed by atoms with Crippen LogP contribution in [0.15, 0.2) is 36.4 Å². The van der Waals surface area contributed by atoms with Crippen molar-refractivity contribution in [1.29, 1.82) is 0 Å². The van der Waals surface area contributed by atoms with Gasteiger partial charge in [-0.15, -0.1) is 0 Å². The minimum Gasteiger partial charge on any atom is -0.496 e. The van der Waals surface area contributed by atoms with E-state index in [1.165, 1.54) is 5.57 Å². The highest BCUT2D eigenvalue weighted by atomic mass is 16.5. The van der Waals surface area contributed by atoms with Gasteiger partial charge in [0.2, 0.25) is 0 Å². The number of aldehydes is 1. The molecule has 0 amide bonds. The van der Waals surface area contributed by atoms with Gasteiger partial charge in [-0.3, -0.25) is 4.79 Å². The molecule has 3 heteroatoms.